The number of aliphatic hydroxyl groups is 1. The van der Waals surface area contributed by atoms with E-state index in [1.807, 2.05) is 43.3 Å². The van der Waals surface area contributed by atoms with E-state index in [1.54, 1.807) is 0 Å². The summed E-state index contributed by atoms with van der Waals surface area (Å²) in [5.41, 5.74) is 3.38. The predicted octanol–water partition coefficient (Wildman–Crippen LogP) is 3.16. The number of rotatable bonds is 3. The minimum Gasteiger partial charge on any atom is -0.392 e. The zero-order valence-electron chi connectivity index (χ0n) is 8.70. The van der Waals surface area contributed by atoms with Gasteiger partial charge in [0.05, 0.1) is 6.61 Å². The Labute approximate surface area is 85.4 Å². The van der Waals surface area contributed by atoms with E-state index in [1.165, 1.54) is 11.1 Å². The third kappa shape index (κ3) is 2.86. The van der Waals surface area contributed by atoms with Gasteiger partial charge in [0.2, 0.25) is 0 Å². The summed E-state index contributed by atoms with van der Waals surface area (Å²) in [5.74, 6) is 0. The molecule has 0 spiro atoms. The van der Waals surface area contributed by atoms with Crippen LogP contribution in [0.5, 0.6) is 0 Å². The summed E-state index contributed by atoms with van der Waals surface area (Å²) in [6.07, 6.45) is 6.11. The summed E-state index contributed by atoms with van der Waals surface area (Å²) < 4.78 is 0. The summed E-state index contributed by atoms with van der Waals surface area (Å²) in [6, 6.07) is 7.95. The van der Waals surface area contributed by atoms with Crippen molar-refractivity contribution in [2.24, 2.45) is 0 Å². The van der Waals surface area contributed by atoms with Crippen molar-refractivity contribution in [1.82, 2.24) is 0 Å². The molecule has 1 heteroatoms. The second-order valence-corrected chi connectivity index (χ2v) is 3.23. The van der Waals surface area contributed by atoms with Gasteiger partial charge >= 0.3 is 0 Å². The summed E-state index contributed by atoms with van der Waals surface area (Å²) in [6.45, 7) is 4.19. The van der Waals surface area contributed by atoms with Crippen LogP contribution in [0.3, 0.4) is 0 Å². The predicted molar refractivity (Wildman–Crippen MR) is 60.8 cm³/mol. The van der Waals surface area contributed by atoms with E-state index in [9.17, 15) is 0 Å². The Morgan fingerprint density at radius 1 is 1.29 bits per heavy atom. The maximum Gasteiger partial charge on any atom is 0.0681 e. The molecule has 0 aromatic heterocycles. The maximum atomic E-state index is 8.88. The molecule has 1 aromatic carbocycles. The first-order valence-corrected chi connectivity index (χ1v) is 4.77. The summed E-state index contributed by atoms with van der Waals surface area (Å²) in [5, 5.41) is 8.88. The Kier molecular flexibility index (Phi) is 4.14. The average molecular weight is 188 g/mol. The third-order valence-electron chi connectivity index (χ3n) is 2.13. The highest BCUT2D eigenvalue weighted by Crippen LogP contribution is 2.14. The van der Waals surface area contributed by atoms with Crippen LogP contribution in [-0.4, -0.2) is 5.11 Å². The molecular formula is C13H16O. The van der Waals surface area contributed by atoms with Crippen LogP contribution in [0, 0.1) is 0 Å². The lowest BCUT2D eigenvalue weighted by atomic mass is 10.1. The second kappa shape index (κ2) is 5.40. The van der Waals surface area contributed by atoms with Crippen molar-refractivity contribution in [3.05, 3.63) is 53.6 Å². The zero-order valence-corrected chi connectivity index (χ0v) is 8.70. The largest absolute Gasteiger partial charge is 0.392 e. The second-order valence-electron chi connectivity index (χ2n) is 3.23. The van der Waals surface area contributed by atoms with E-state index in [-0.39, 0.29) is 6.61 Å². The molecule has 0 aliphatic heterocycles. The minimum absolute atomic E-state index is 0.109. The summed E-state index contributed by atoms with van der Waals surface area (Å²) >= 11 is 0. The van der Waals surface area contributed by atoms with Gasteiger partial charge in [-0.25, -0.2) is 0 Å². The first kappa shape index (κ1) is 10.7. The highest BCUT2D eigenvalue weighted by molar-refractivity contribution is 5.65. The number of benzene rings is 1. The monoisotopic (exact) mass is 188 g/mol. The number of allylic oxidation sites excluding steroid dienone is 4. The van der Waals surface area contributed by atoms with E-state index >= 15 is 0 Å². The van der Waals surface area contributed by atoms with Gasteiger partial charge in [0, 0.05) is 0 Å². The van der Waals surface area contributed by atoms with Gasteiger partial charge in [0.25, 0.3) is 0 Å². The van der Waals surface area contributed by atoms with Crippen LogP contribution in [0.25, 0.3) is 5.57 Å². The Morgan fingerprint density at radius 3 is 2.43 bits per heavy atom. The van der Waals surface area contributed by atoms with Gasteiger partial charge in [-0.2, -0.15) is 0 Å². The van der Waals surface area contributed by atoms with Crippen LogP contribution in [0.2, 0.25) is 0 Å². The van der Waals surface area contributed by atoms with Crippen molar-refractivity contribution in [1.29, 1.82) is 0 Å². The quantitative estimate of drug-likeness (QED) is 0.722. The molecule has 0 unspecified atom stereocenters. The Morgan fingerprint density at radius 2 is 1.93 bits per heavy atom. The lowest BCUT2D eigenvalue weighted by Crippen LogP contribution is -1.84. The normalized spacial score (nSPS) is 12.4. The standard InChI is InChI=1S/C13H16O/c1-3-4-5-11(2)13-8-6-12(10-14)7-9-13/h3-9,14H,10H2,1-2H3/b4-3-,11-5+. The molecule has 0 atom stereocenters. The SMILES string of the molecule is C/C=C\C=C(/C)c1ccc(CO)cc1. The highest BCUT2D eigenvalue weighted by Gasteiger charge is 1.94. The fourth-order valence-electron chi connectivity index (χ4n) is 1.21. The van der Waals surface area contributed by atoms with Crippen LogP contribution < -0.4 is 0 Å². The van der Waals surface area contributed by atoms with Gasteiger partial charge in [-0.3, -0.25) is 0 Å². The maximum absolute atomic E-state index is 8.88. The van der Waals surface area contributed by atoms with Gasteiger partial charge in [0.1, 0.15) is 0 Å². The fourth-order valence-corrected chi connectivity index (χ4v) is 1.21. The molecule has 0 radical (unpaired) electrons. The molecule has 1 N–H and O–H groups in total. The molecule has 0 saturated heterocycles. The smallest absolute Gasteiger partial charge is 0.0681 e. The van der Waals surface area contributed by atoms with Crippen LogP contribution in [-0.2, 0) is 6.61 Å². The Balaban J connectivity index is 2.86. The van der Waals surface area contributed by atoms with Gasteiger partial charge in [0.15, 0.2) is 0 Å². The van der Waals surface area contributed by atoms with E-state index in [0.717, 1.165) is 5.56 Å². The molecule has 0 saturated carbocycles. The molecule has 0 aliphatic rings. The summed E-state index contributed by atoms with van der Waals surface area (Å²) in [4.78, 5) is 0. The third-order valence-corrected chi connectivity index (χ3v) is 2.13. The van der Waals surface area contributed by atoms with Gasteiger partial charge in [-0.05, 0) is 30.5 Å². The first-order valence-electron chi connectivity index (χ1n) is 4.77. The van der Waals surface area contributed by atoms with Gasteiger partial charge in [-0.15, -0.1) is 0 Å². The molecule has 0 aliphatic carbocycles. The molecule has 1 aromatic rings. The number of hydrogen-bond donors (Lipinski definition) is 1. The number of hydrogen-bond acceptors (Lipinski definition) is 1. The van der Waals surface area contributed by atoms with E-state index in [4.69, 9.17) is 5.11 Å². The lowest BCUT2D eigenvalue weighted by Gasteiger charge is -2.01. The van der Waals surface area contributed by atoms with Crippen LogP contribution in [0.4, 0.5) is 0 Å². The van der Waals surface area contributed by atoms with Gasteiger partial charge in [-0.1, -0.05) is 42.5 Å². The summed E-state index contributed by atoms with van der Waals surface area (Å²) in [7, 11) is 0. The fraction of sp³-hybridized carbons (Fsp3) is 0.231. The van der Waals surface area contributed by atoms with Crippen molar-refractivity contribution in [3.8, 4) is 0 Å². The van der Waals surface area contributed by atoms with Crippen molar-refractivity contribution in [2.45, 2.75) is 20.5 Å². The highest BCUT2D eigenvalue weighted by atomic mass is 16.3. The molecule has 74 valence electrons. The van der Waals surface area contributed by atoms with Crippen LogP contribution in [0.1, 0.15) is 25.0 Å². The molecular weight excluding hydrogens is 172 g/mol. The van der Waals surface area contributed by atoms with Crippen molar-refractivity contribution in [3.63, 3.8) is 0 Å². The van der Waals surface area contributed by atoms with Crippen LogP contribution in [0.15, 0.2) is 42.5 Å². The van der Waals surface area contributed by atoms with Crippen molar-refractivity contribution >= 4 is 5.57 Å². The molecule has 14 heavy (non-hydrogen) atoms. The van der Waals surface area contributed by atoms with Crippen molar-refractivity contribution < 1.29 is 5.11 Å². The van der Waals surface area contributed by atoms with E-state index < -0.39 is 0 Å². The molecule has 1 rings (SSSR count). The van der Waals surface area contributed by atoms with Gasteiger partial charge < -0.3 is 5.11 Å². The average Bonchev–Trinajstić information content (AvgIpc) is 2.26. The topological polar surface area (TPSA) is 20.2 Å². The number of aliphatic hydroxyl groups excluding tert-OH is 1. The molecule has 1 nitrogen and oxygen atoms in total. The lowest BCUT2D eigenvalue weighted by molar-refractivity contribution is 0.282. The molecule has 0 bridgehead atoms. The Hall–Kier alpha value is -1.34. The first-order chi connectivity index (χ1) is 6.77. The molecule has 0 amide bonds. The minimum atomic E-state index is 0.109. The van der Waals surface area contributed by atoms with E-state index in [2.05, 4.69) is 13.0 Å². The van der Waals surface area contributed by atoms with E-state index in [0.29, 0.717) is 0 Å². The zero-order chi connectivity index (χ0) is 10.4. The molecule has 0 heterocycles. The Bertz CT molecular complexity index is 331. The van der Waals surface area contributed by atoms with Crippen molar-refractivity contribution in [2.75, 3.05) is 0 Å². The molecule has 0 fully saturated rings. The van der Waals surface area contributed by atoms with Crippen LogP contribution >= 0.6 is 0 Å².